The SMILES string of the molecule is COc1ccccc1C(C)SC(C)c1nnc(C)o1. The predicted molar refractivity (Wildman–Crippen MR) is 76.5 cm³/mol. The second-order valence-corrected chi connectivity index (χ2v) is 6.01. The van der Waals surface area contributed by atoms with Gasteiger partial charge in [-0.3, -0.25) is 0 Å². The highest BCUT2D eigenvalue weighted by molar-refractivity contribution is 7.99. The minimum absolute atomic E-state index is 0.154. The van der Waals surface area contributed by atoms with Crippen LogP contribution < -0.4 is 4.74 Å². The highest BCUT2D eigenvalue weighted by Gasteiger charge is 2.19. The summed E-state index contributed by atoms with van der Waals surface area (Å²) in [5, 5.41) is 8.38. The fraction of sp³-hybridized carbons (Fsp3) is 0.429. The third-order valence-corrected chi connectivity index (χ3v) is 4.15. The van der Waals surface area contributed by atoms with E-state index in [4.69, 9.17) is 9.15 Å². The third-order valence-electron chi connectivity index (χ3n) is 2.87. The van der Waals surface area contributed by atoms with Crippen LogP contribution in [-0.2, 0) is 0 Å². The molecule has 0 N–H and O–H groups in total. The van der Waals surface area contributed by atoms with Crippen molar-refractivity contribution in [2.24, 2.45) is 0 Å². The average Bonchev–Trinajstić information content (AvgIpc) is 2.85. The maximum atomic E-state index is 5.46. The Balaban J connectivity index is 2.10. The molecule has 2 aromatic rings. The summed E-state index contributed by atoms with van der Waals surface area (Å²) in [5.41, 5.74) is 1.18. The molecule has 0 aliphatic rings. The van der Waals surface area contributed by atoms with E-state index in [-0.39, 0.29) is 5.25 Å². The molecule has 0 saturated heterocycles. The van der Waals surface area contributed by atoms with Gasteiger partial charge in [-0.25, -0.2) is 0 Å². The summed E-state index contributed by atoms with van der Waals surface area (Å²) in [7, 11) is 1.70. The number of nitrogens with zero attached hydrogens (tertiary/aromatic N) is 2. The molecule has 5 heteroatoms. The number of hydrogen-bond donors (Lipinski definition) is 0. The average molecular weight is 278 g/mol. The molecule has 0 spiro atoms. The van der Waals surface area contributed by atoms with E-state index in [2.05, 4.69) is 30.1 Å². The first-order valence-electron chi connectivity index (χ1n) is 6.20. The summed E-state index contributed by atoms with van der Waals surface area (Å²) < 4.78 is 10.9. The van der Waals surface area contributed by atoms with Gasteiger partial charge in [0.1, 0.15) is 5.75 Å². The lowest BCUT2D eigenvalue weighted by molar-refractivity contribution is 0.410. The third kappa shape index (κ3) is 3.29. The molecule has 4 nitrogen and oxygen atoms in total. The fourth-order valence-corrected chi connectivity index (χ4v) is 3.08. The number of aryl methyl sites for hydroxylation is 1. The van der Waals surface area contributed by atoms with Gasteiger partial charge < -0.3 is 9.15 Å². The molecule has 0 saturated carbocycles. The first kappa shape index (κ1) is 13.9. The van der Waals surface area contributed by atoms with Gasteiger partial charge in [0, 0.05) is 17.7 Å². The van der Waals surface area contributed by atoms with Gasteiger partial charge in [-0.05, 0) is 19.9 Å². The van der Waals surface area contributed by atoms with Crippen LogP contribution >= 0.6 is 11.8 Å². The molecule has 2 rings (SSSR count). The Bertz CT molecular complexity index is 542. The van der Waals surface area contributed by atoms with Gasteiger partial charge >= 0.3 is 0 Å². The summed E-state index contributed by atoms with van der Waals surface area (Å²) in [6.07, 6.45) is 0. The Morgan fingerprint density at radius 3 is 2.53 bits per heavy atom. The number of benzene rings is 1. The fourth-order valence-electron chi connectivity index (χ4n) is 1.92. The lowest BCUT2D eigenvalue weighted by atomic mass is 10.1. The smallest absolute Gasteiger partial charge is 0.229 e. The number of rotatable bonds is 5. The molecular formula is C14H18N2O2S. The van der Waals surface area contributed by atoms with Crippen LogP contribution in [0, 0.1) is 6.92 Å². The zero-order valence-corrected chi connectivity index (χ0v) is 12.4. The van der Waals surface area contributed by atoms with Crippen LogP contribution in [0.4, 0.5) is 0 Å². The lowest BCUT2D eigenvalue weighted by Gasteiger charge is -2.17. The minimum Gasteiger partial charge on any atom is -0.496 e. The Labute approximate surface area is 117 Å². The van der Waals surface area contributed by atoms with Crippen molar-refractivity contribution in [1.82, 2.24) is 10.2 Å². The van der Waals surface area contributed by atoms with E-state index in [1.165, 1.54) is 5.56 Å². The largest absolute Gasteiger partial charge is 0.496 e. The number of thioether (sulfide) groups is 1. The zero-order valence-electron chi connectivity index (χ0n) is 11.6. The molecule has 0 bridgehead atoms. The monoisotopic (exact) mass is 278 g/mol. The van der Waals surface area contributed by atoms with Crippen LogP contribution in [0.3, 0.4) is 0 Å². The zero-order chi connectivity index (χ0) is 13.8. The molecular weight excluding hydrogens is 260 g/mol. The molecule has 0 radical (unpaired) electrons. The van der Waals surface area contributed by atoms with E-state index in [0.29, 0.717) is 17.0 Å². The van der Waals surface area contributed by atoms with E-state index in [1.54, 1.807) is 25.8 Å². The maximum Gasteiger partial charge on any atom is 0.229 e. The first-order chi connectivity index (χ1) is 9.11. The van der Waals surface area contributed by atoms with E-state index >= 15 is 0 Å². The van der Waals surface area contributed by atoms with Crippen LogP contribution in [0.2, 0.25) is 0 Å². The Hall–Kier alpha value is -1.49. The summed E-state index contributed by atoms with van der Waals surface area (Å²) in [6, 6.07) is 8.07. The van der Waals surface area contributed by atoms with Crippen molar-refractivity contribution in [2.45, 2.75) is 31.3 Å². The Kier molecular flexibility index (Phi) is 4.47. The number of hydrogen-bond acceptors (Lipinski definition) is 5. The van der Waals surface area contributed by atoms with Crippen molar-refractivity contribution < 1.29 is 9.15 Å². The summed E-state index contributed by atoms with van der Waals surface area (Å²) >= 11 is 1.77. The van der Waals surface area contributed by atoms with Crippen LogP contribution in [0.5, 0.6) is 5.75 Å². The van der Waals surface area contributed by atoms with Crippen LogP contribution in [0.25, 0.3) is 0 Å². The van der Waals surface area contributed by atoms with E-state index in [1.807, 2.05) is 18.2 Å². The second kappa shape index (κ2) is 6.10. The van der Waals surface area contributed by atoms with Crippen molar-refractivity contribution in [3.8, 4) is 5.75 Å². The van der Waals surface area contributed by atoms with Crippen molar-refractivity contribution in [3.05, 3.63) is 41.6 Å². The van der Waals surface area contributed by atoms with Gasteiger partial charge in [0.2, 0.25) is 11.8 Å². The molecule has 2 unspecified atom stereocenters. The van der Waals surface area contributed by atoms with Gasteiger partial charge in [-0.15, -0.1) is 22.0 Å². The van der Waals surface area contributed by atoms with Gasteiger partial charge in [0.05, 0.1) is 12.4 Å². The lowest BCUT2D eigenvalue weighted by Crippen LogP contribution is -1.97. The predicted octanol–water partition coefficient (Wildman–Crippen LogP) is 3.94. The Morgan fingerprint density at radius 1 is 1.16 bits per heavy atom. The van der Waals surface area contributed by atoms with Crippen molar-refractivity contribution >= 4 is 11.8 Å². The highest BCUT2D eigenvalue weighted by Crippen LogP contribution is 2.42. The second-order valence-electron chi connectivity index (χ2n) is 4.32. The minimum atomic E-state index is 0.154. The Morgan fingerprint density at radius 2 is 1.89 bits per heavy atom. The van der Waals surface area contributed by atoms with Crippen molar-refractivity contribution in [2.75, 3.05) is 7.11 Å². The summed E-state index contributed by atoms with van der Waals surface area (Å²) in [5.74, 6) is 2.19. The number of methoxy groups -OCH3 is 1. The quantitative estimate of drug-likeness (QED) is 0.829. The number of aromatic nitrogens is 2. The molecule has 102 valence electrons. The highest BCUT2D eigenvalue weighted by atomic mass is 32.2. The molecule has 0 aliphatic carbocycles. The molecule has 1 heterocycles. The van der Waals surface area contributed by atoms with E-state index < -0.39 is 0 Å². The number of para-hydroxylation sites is 1. The maximum absolute atomic E-state index is 5.46. The summed E-state index contributed by atoms with van der Waals surface area (Å²) in [6.45, 7) is 6.03. The summed E-state index contributed by atoms with van der Waals surface area (Å²) in [4.78, 5) is 0. The topological polar surface area (TPSA) is 48.2 Å². The van der Waals surface area contributed by atoms with Gasteiger partial charge in [0.25, 0.3) is 0 Å². The molecule has 0 aliphatic heterocycles. The van der Waals surface area contributed by atoms with Crippen LogP contribution in [-0.4, -0.2) is 17.3 Å². The van der Waals surface area contributed by atoms with Gasteiger partial charge in [-0.2, -0.15) is 0 Å². The van der Waals surface area contributed by atoms with Crippen LogP contribution in [0.15, 0.2) is 28.7 Å². The molecule has 2 atom stereocenters. The van der Waals surface area contributed by atoms with Gasteiger partial charge in [-0.1, -0.05) is 18.2 Å². The molecule has 0 amide bonds. The molecule has 1 aromatic carbocycles. The van der Waals surface area contributed by atoms with Crippen LogP contribution in [0.1, 0.15) is 41.7 Å². The van der Waals surface area contributed by atoms with Crippen molar-refractivity contribution in [1.29, 1.82) is 0 Å². The van der Waals surface area contributed by atoms with E-state index in [9.17, 15) is 0 Å². The first-order valence-corrected chi connectivity index (χ1v) is 7.14. The molecule has 0 fully saturated rings. The normalized spacial score (nSPS) is 14.1. The van der Waals surface area contributed by atoms with Gasteiger partial charge in [0.15, 0.2) is 0 Å². The standard InChI is InChI=1S/C14H18N2O2S/c1-9(12-7-5-6-8-13(12)17-4)19-10(2)14-16-15-11(3)18-14/h5-10H,1-4H3. The van der Waals surface area contributed by atoms with Crippen molar-refractivity contribution in [3.63, 3.8) is 0 Å². The molecule has 19 heavy (non-hydrogen) atoms. The van der Waals surface area contributed by atoms with E-state index in [0.717, 1.165) is 5.75 Å². The number of ether oxygens (including phenoxy) is 1. The molecule has 1 aromatic heterocycles.